The number of anilines is 1. The van der Waals surface area contributed by atoms with Gasteiger partial charge in [0, 0.05) is 30.0 Å². The van der Waals surface area contributed by atoms with Gasteiger partial charge in [0.1, 0.15) is 11.3 Å². The third kappa shape index (κ3) is 2.65. The van der Waals surface area contributed by atoms with Crippen LogP contribution in [-0.2, 0) is 0 Å². The van der Waals surface area contributed by atoms with E-state index in [1.807, 2.05) is 5.38 Å². The Hall–Kier alpha value is -2.38. The number of aromatic nitrogens is 2. The van der Waals surface area contributed by atoms with Gasteiger partial charge in [-0.25, -0.2) is 4.98 Å². The average molecular weight is 364 g/mol. The number of rotatable bonds is 3. The summed E-state index contributed by atoms with van der Waals surface area (Å²) in [7, 11) is 3.09. The third-order valence-electron chi connectivity index (χ3n) is 3.67. The molecule has 0 aliphatic carbocycles. The lowest BCUT2D eigenvalue weighted by Crippen LogP contribution is -2.33. The second-order valence-corrected chi connectivity index (χ2v) is 6.40. The Kier molecular flexibility index (Phi) is 4.29. The summed E-state index contributed by atoms with van der Waals surface area (Å²) in [6.45, 7) is 1.80. The molecule has 3 rings (SSSR count). The van der Waals surface area contributed by atoms with Crippen LogP contribution in [0.15, 0.2) is 34.6 Å². The highest BCUT2D eigenvalue weighted by atomic mass is 35.5. The lowest BCUT2D eigenvalue weighted by molar-refractivity contribution is 0.0991. The highest BCUT2D eigenvalue weighted by Gasteiger charge is 2.20. The van der Waals surface area contributed by atoms with E-state index in [1.54, 1.807) is 32.2 Å². The number of aryl methyl sites for hydroxylation is 1. The molecule has 0 bridgehead atoms. The summed E-state index contributed by atoms with van der Waals surface area (Å²) in [4.78, 5) is 31.4. The number of thiazole rings is 1. The largest absolute Gasteiger partial charge is 0.495 e. The summed E-state index contributed by atoms with van der Waals surface area (Å²) in [5, 5.41) is 2.21. The van der Waals surface area contributed by atoms with Crippen molar-refractivity contribution in [3.8, 4) is 5.75 Å². The van der Waals surface area contributed by atoms with E-state index in [4.69, 9.17) is 16.3 Å². The van der Waals surface area contributed by atoms with Crippen LogP contribution < -0.4 is 15.2 Å². The average Bonchev–Trinajstić information content (AvgIpc) is 2.96. The number of hydrogen-bond acceptors (Lipinski definition) is 5. The molecule has 1 amide bonds. The summed E-state index contributed by atoms with van der Waals surface area (Å²) in [6.07, 6.45) is 1.32. The number of halogens is 1. The van der Waals surface area contributed by atoms with Crippen LogP contribution in [0, 0.1) is 6.92 Å². The molecule has 0 radical (unpaired) electrons. The maximum atomic E-state index is 12.7. The minimum Gasteiger partial charge on any atom is -0.495 e. The predicted molar refractivity (Wildman–Crippen MR) is 94.8 cm³/mol. The zero-order chi connectivity index (χ0) is 17.4. The Morgan fingerprint density at radius 2 is 2.17 bits per heavy atom. The molecule has 0 unspecified atom stereocenters. The summed E-state index contributed by atoms with van der Waals surface area (Å²) in [5.74, 6) is 0.0621. The molecule has 6 nitrogen and oxygen atoms in total. The second kappa shape index (κ2) is 6.26. The smallest absolute Gasteiger partial charge is 0.271 e. The van der Waals surface area contributed by atoms with Gasteiger partial charge in [-0.3, -0.25) is 14.0 Å². The monoisotopic (exact) mass is 363 g/mol. The van der Waals surface area contributed by atoms with Crippen molar-refractivity contribution in [3.63, 3.8) is 0 Å². The van der Waals surface area contributed by atoms with Gasteiger partial charge in [0.2, 0.25) is 0 Å². The first-order valence-corrected chi connectivity index (χ1v) is 8.27. The minimum atomic E-state index is -0.450. The highest BCUT2D eigenvalue weighted by molar-refractivity contribution is 7.15. The number of carbonyl (C=O) groups excluding carboxylic acids is 1. The van der Waals surface area contributed by atoms with Crippen molar-refractivity contribution < 1.29 is 9.53 Å². The Balaban J connectivity index is 2.02. The molecule has 2 aromatic heterocycles. The summed E-state index contributed by atoms with van der Waals surface area (Å²) < 4.78 is 6.54. The molecule has 0 fully saturated rings. The maximum Gasteiger partial charge on any atom is 0.271 e. The van der Waals surface area contributed by atoms with Gasteiger partial charge < -0.3 is 9.64 Å². The zero-order valence-electron chi connectivity index (χ0n) is 13.2. The van der Waals surface area contributed by atoms with Crippen LogP contribution in [0.25, 0.3) is 4.96 Å². The summed E-state index contributed by atoms with van der Waals surface area (Å²) in [5.41, 5.74) is 0.924. The lowest BCUT2D eigenvalue weighted by Gasteiger charge is -2.18. The molecule has 24 heavy (non-hydrogen) atoms. The number of hydrogen-bond donors (Lipinski definition) is 0. The Bertz CT molecular complexity index is 996. The molecule has 0 aliphatic rings. The van der Waals surface area contributed by atoms with Gasteiger partial charge in [-0.2, -0.15) is 0 Å². The lowest BCUT2D eigenvalue weighted by atomic mass is 10.2. The minimum absolute atomic E-state index is 0.00319. The highest BCUT2D eigenvalue weighted by Crippen LogP contribution is 2.29. The summed E-state index contributed by atoms with van der Waals surface area (Å²) in [6, 6.07) is 4.97. The summed E-state index contributed by atoms with van der Waals surface area (Å²) >= 11 is 7.45. The van der Waals surface area contributed by atoms with Crippen molar-refractivity contribution in [2.45, 2.75) is 6.92 Å². The third-order valence-corrected chi connectivity index (χ3v) is 4.93. The van der Waals surface area contributed by atoms with Gasteiger partial charge in [0.15, 0.2) is 4.96 Å². The van der Waals surface area contributed by atoms with Crippen LogP contribution in [0.3, 0.4) is 0 Å². The molecular weight excluding hydrogens is 350 g/mol. The van der Waals surface area contributed by atoms with Crippen LogP contribution in [0.2, 0.25) is 5.02 Å². The van der Waals surface area contributed by atoms with Crippen LogP contribution in [-0.4, -0.2) is 29.4 Å². The SMILES string of the molecule is COc1ccc(N(C)C(=O)c2cnc3scc(C)n3c2=O)cc1Cl. The molecular formula is C16H14ClN3O3S. The molecule has 1 aromatic carbocycles. The molecule has 2 heterocycles. The first-order chi connectivity index (χ1) is 11.4. The Labute approximate surface area is 146 Å². The molecule has 0 atom stereocenters. The fourth-order valence-corrected chi connectivity index (χ4v) is 3.41. The normalized spacial score (nSPS) is 10.8. The number of nitrogens with zero attached hydrogens (tertiary/aromatic N) is 3. The molecule has 0 aliphatic heterocycles. The first kappa shape index (κ1) is 16.5. The van der Waals surface area contributed by atoms with Crippen LogP contribution in [0.1, 0.15) is 16.1 Å². The van der Waals surface area contributed by atoms with Crippen molar-refractivity contribution in [2.24, 2.45) is 0 Å². The van der Waals surface area contributed by atoms with E-state index in [0.717, 1.165) is 5.69 Å². The standard InChI is InChI=1S/C16H14ClN3O3S/c1-9-8-24-16-18-7-11(15(22)20(9)16)14(21)19(2)10-4-5-13(23-3)12(17)6-10/h4-8H,1-3H3. The van der Waals surface area contributed by atoms with Crippen molar-refractivity contribution in [2.75, 3.05) is 19.1 Å². The number of fused-ring (bicyclic) bond motifs is 1. The fraction of sp³-hybridized carbons (Fsp3) is 0.188. The number of ether oxygens (including phenoxy) is 1. The van der Waals surface area contributed by atoms with Crippen molar-refractivity contribution in [1.82, 2.24) is 9.38 Å². The van der Waals surface area contributed by atoms with Gasteiger partial charge >= 0.3 is 0 Å². The fourth-order valence-electron chi connectivity index (χ4n) is 2.33. The molecule has 8 heteroatoms. The molecule has 0 spiro atoms. The van der Waals surface area contributed by atoms with Gasteiger partial charge in [-0.05, 0) is 25.1 Å². The van der Waals surface area contributed by atoms with Gasteiger partial charge in [0.05, 0.1) is 12.1 Å². The van der Waals surface area contributed by atoms with E-state index in [1.165, 1.54) is 33.9 Å². The zero-order valence-corrected chi connectivity index (χ0v) is 14.8. The quantitative estimate of drug-likeness (QED) is 0.717. The van der Waals surface area contributed by atoms with Crippen molar-refractivity contribution in [3.05, 3.63) is 56.4 Å². The van der Waals surface area contributed by atoms with E-state index >= 15 is 0 Å². The first-order valence-electron chi connectivity index (χ1n) is 7.01. The maximum absolute atomic E-state index is 12.7. The number of carbonyl (C=O) groups is 1. The van der Waals surface area contributed by atoms with Crippen LogP contribution >= 0.6 is 22.9 Å². The van der Waals surface area contributed by atoms with Crippen LogP contribution in [0.5, 0.6) is 5.75 Å². The van der Waals surface area contributed by atoms with Crippen molar-refractivity contribution in [1.29, 1.82) is 0 Å². The topological polar surface area (TPSA) is 63.9 Å². The number of methoxy groups -OCH3 is 1. The predicted octanol–water partition coefficient (Wildman–Crippen LogP) is 3.00. The second-order valence-electron chi connectivity index (χ2n) is 5.16. The van der Waals surface area contributed by atoms with E-state index in [9.17, 15) is 9.59 Å². The van der Waals surface area contributed by atoms with Gasteiger partial charge in [0.25, 0.3) is 11.5 Å². The van der Waals surface area contributed by atoms with E-state index in [2.05, 4.69) is 4.98 Å². The Morgan fingerprint density at radius 3 is 2.83 bits per heavy atom. The van der Waals surface area contributed by atoms with Crippen molar-refractivity contribution >= 4 is 39.5 Å². The number of amides is 1. The van der Waals surface area contributed by atoms with Crippen LogP contribution in [0.4, 0.5) is 5.69 Å². The molecule has 0 saturated carbocycles. The van der Waals surface area contributed by atoms with E-state index in [-0.39, 0.29) is 11.1 Å². The van der Waals surface area contributed by atoms with E-state index < -0.39 is 5.91 Å². The van der Waals surface area contributed by atoms with Gasteiger partial charge in [-0.1, -0.05) is 11.6 Å². The van der Waals surface area contributed by atoms with Gasteiger partial charge in [-0.15, -0.1) is 11.3 Å². The molecule has 124 valence electrons. The Morgan fingerprint density at radius 1 is 1.42 bits per heavy atom. The van der Waals surface area contributed by atoms with E-state index in [0.29, 0.717) is 21.4 Å². The molecule has 0 N–H and O–H groups in total. The number of benzene rings is 1. The molecule has 0 saturated heterocycles. The molecule has 3 aromatic rings.